The van der Waals surface area contributed by atoms with Crippen molar-refractivity contribution in [1.29, 1.82) is 0 Å². The number of quaternary nitrogens is 1. The Bertz CT molecular complexity index is 183. The SMILES string of the molecule is CC(C)N1C[N+]2(CCCC2)CC1C. The summed E-state index contributed by atoms with van der Waals surface area (Å²) in [4.78, 5) is 2.67. The minimum Gasteiger partial charge on any atom is -0.310 e. The lowest BCUT2D eigenvalue weighted by Crippen LogP contribution is -2.45. The lowest BCUT2D eigenvalue weighted by Gasteiger charge is -2.29. The first-order valence-corrected chi connectivity index (χ1v) is 5.74. The van der Waals surface area contributed by atoms with Gasteiger partial charge in [0.1, 0.15) is 6.67 Å². The lowest BCUT2D eigenvalue weighted by atomic mass is 10.2. The summed E-state index contributed by atoms with van der Waals surface area (Å²) in [6.45, 7) is 12.6. The summed E-state index contributed by atoms with van der Waals surface area (Å²) < 4.78 is 1.40. The normalized spacial score (nSPS) is 33.7. The summed E-state index contributed by atoms with van der Waals surface area (Å²) in [7, 11) is 0. The molecule has 2 saturated heterocycles. The Morgan fingerprint density at radius 2 is 1.85 bits per heavy atom. The molecule has 0 aliphatic carbocycles. The summed E-state index contributed by atoms with van der Waals surface area (Å²) in [5, 5.41) is 0. The molecule has 1 atom stereocenters. The van der Waals surface area contributed by atoms with Crippen LogP contribution in [0.15, 0.2) is 0 Å². The molecule has 2 aliphatic rings. The van der Waals surface area contributed by atoms with Crippen LogP contribution in [0.5, 0.6) is 0 Å². The largest absolute Gasteiger partial charge is 0.310 e. The van der Waals surface area contributed by atoms with E-state index in [1.807, 2.05) is 0 Å². The summed E-state index contributed by atoms with van der Waals surface area (Å²) >= 11 is 0. The van der Waals surface area contributed by atoms with Crippen LogP contribution in [0.2, 0.25) is 0 Å². The quantitative estimate of drug-likeness (QED) is 0.559. The molecule has 2 fully saturated rings. The standard InChI is InChI=1S/C11H23N2/c1-10(2)12-9-13(8-11(12)3)6-4-5-7-13/h10-11H,4-9H2,1-3H3/q+1. The van der Waals surface area contributed by atoms with Gasteiger partial charge < -0.3 is 4.48 Å². The summed E-state index contributed by atoms with van der Waals surface area (Å²) in [5.74, 6) is 0. The third-order valence-corrected chi connectivity index (χ3v) is 3.86. The van der Waals surface area contributed by atoms with E-state index in [4.69, 9.17) is 0 Å². The van der Waals surface area contributed by atoms with E-state index in [0.29, 0.717) is 0 Å². The molecule has 2 nitrogen and oxygen atoms in total. The molecule has 0 aromatic carbocycles. The lowest BCUT2D eigenvalue weighted by molar-refractivity contribution is -0.909. The highest BCUT2D eigenvalue weighted by molar-refractivity contribution is 4.76. The van der Waals surface area contributed by atoms with E-state index in [1.165, 1.54) is 43.6 Å². The molecule has 0 amide bonds. The molecule has 1 spiro atoms. The van der Waals surface area contributed by atoms with Gasteiger partial charge in [-0.05, 0) is 20.8 Å². The Morgan fingerprint density at radius 3 is 2.31 bits per heavy atom. The average molecular weight is 183 g/mol. The van der Waals surface area contributed by atoms with Gasteiger partial charge in [0, 0.05) is 18.9 Å². The molecule has 1 unspecified atom stereocenters. The number of hydrogen-bond donors (Lipinski definition) is 0. The van der Waals surface area contributed by atoms with Gasteiger partial charge in [-0.2, -0.15) is 0 Å². The van der Waals surface area contributed by atoms with Crippen molar-refractivity contribution in [2.45, 2.75) is 45.7 Å². The van der Waals surface area contributed by atoms with Crippen molar-refractivity contribution in [3.8, 4) is 0 Å². The highest BCUT2D eigenvalue weighted by atomic mass is 15.5. The second-order valence-corrected chi connectivity index (χ2v) is 5.28. The van der Waals surface area contributed by atoms with E-state index >= 15 is 0 Å². The number of hydrogen-bond acceptors (Lipinski definition) is 1. The fourth-order valence-electron chi connectivity index (χ4n) is 3.21. The van der Waals surface area contributed by atoms with E-state index in [2.05, 4.69) is 25.7 Å². The fourth-order valence-corrected chi connectivity index (χ4v) is 3.21. The van der Waals surface area contributed by atoms with Crippen molar-refractivity contribution in [3.63, 3.8) is 0 Å². The van der Waals surface area contributed by atoms with Crippen LogP contribution in [0, 0.1) is 0 Å². The molecular formula is C11H23N2+. The van der Waals surface area contributed by atoms with Crippen LogP contribution < -0.4 is 0 Å². The van der Waals surface area contributed by atoms with Gasteiger partial charge in [0.2, 0.25) is 0 Å². The molecule has 76 valence electrons. The molecule has 0 radical (unpaired) electrons. The van der Waals surface area contributed by atoms with Gasteiger partial charge in [0.15, 0.2) is 0 Å². The second-order valence-electron chi connectivity index (χ2n) is 5.28. The van der Waals surface area contributed by atoms with Gasteiger partial charge in [-0.1, -0.05) is 0 Å². The van der Waals surface area contributed by atoms with Crippen molar-refractivity contribution >= 4 is 0 Å². The maximum atomic E-state index is 2.67. The monoisotopic (exact) mass is 183 g/mol. The predicted molar refractivity (Wildman–Crippen MR) is 55.4 cm³/mol. The van der Waals surface area contributed by atoms with E-state index in [1.54, 1.807) is 0 Å². The number of nitrogens with zero attached hydrogens (tertiary/aromatic N) is 2. The van der Waals surface area contributed by atoms with Crippen molar-refractivity contribution in [3.05, 3.63) is 0 Å². The Kier molecular flexibility index (Phi) is 2.37. The molecule has 0 aromatic rings. The smallest absolute Gasteiger partial charge is 0.135 e. The Hall–Kier alpha value is -0.0800. The fraction of sp³-hybridized carbons (Fsp3) is 1.00. The van der Waals surface area contributed by atoms with E-state index < -0.39 is 0 Å². The average Bonchev–Trinajstić information content (AvgIpc) is 2.60. The molecule has 2 aliphatic heterocycles. The third kappa shape index (κ3) is 1.62. The van der Waals surface area contributed by atoms with Crippen LogP contribution in [0.25, 0.3) is 0 Å². The van der Waals surface area contributed by atoms with Crippen LogP contribution in [-0.4, -0.2) is 47.8 Å². The van der Waals surface area contributed by atoms with Gasteiger partial charge in [-0.25, -0.2) is 4.90 Å². The molecule has 0 N–H and O–H groups in total. The molecule has 13 heavy (non-hydrogen) atoms. The van der Waals surface area contributed by atoms with Crippen molar-refractivity contribution in [2.24, 2.45) is 0 Å². The highest BCUT2D eigenvalue weighted by Crippen LogP contribution is 2.29. The van der Waals surface area contributed by atoms with Crippen LogP contribution in [-0.2, 0) is 0 Å². The van der Waals surface area contributed by atoms with Gasteiger partial charge >= 0.3 is 0 Å². The third-order valence-electron chi connectivity index (χ3n) is 3.86. The predicted octanol–water partition coefficient (Wildman–Crippen LogP) is 1.67. The molecule has 0 aromatic heterocycles. The molecular weight excluding hydrogens is 160 g/mol. The molecule has 2 heterocycles. The van der Waals surface area contributed by atoms with E-state index in [-0.39, 0.29) is 0 Å². The summed E-state index contributed by atoms with van der Waals surface area (Å²) in [6.07, 6.45) is 2.91. The summed E-state index contributed by atoms with van der Waals surface area (Å²) in [5.41, 5.74) is 0. The zero-order valence-electron chi connectivity index (χ0n) is 9.29. The first-order valence-electron chi connectivity index (χ1n) is 5.74. The first kappa shape index (κ1) is 9.47. The molecule has 0 bridgehead atoms. The van der Waals surface area contributed by atoms with Crippen LogP contribution in [0.4, 0.5) is 0 Å². The Labute approximate surface area is 82.1 Å². The van der Waals surface area contributed by atoms with Crippen LogP contribution in [0.3, 0.4) is 0 Å². The maximum Gasteiger partial charge on any atom is 0.135 e. The molecule has 2 rings (SSSR count). The van der Waals surface area contributed by atoms with Gasteiger partial charge in [0.25, 0.3) is 0 Å². The van der Waals surface area contributed by atoms with Crippen LogP contribution >= 0.6 is 0 Å². The Balaban J connectivity index is 2.05. The van der Waals surface area contributed by atoms with Crippen molar-refractivity contribution < 1.29 is 4.48 Å². The number of rotatable bonds is 1. The van der Waals surface area contributed by atoms with E-state index in [9.17, 15) is 0 Å². The summed E-state index contributed by atoms with van der Waals surface area (Å²) in [6, 6.07) is 1.53. The first-order chi connectivity index (χ1) is 6.13. The maximum absolute atomic E-state index is 2.67. The van der Waals surface area contributed by atoms with Gasteiger partial charge in [0.05, 0.1) is 25.7 Å². The topological polar surface area (TPSA) is 3.24 Å². The zero-order valence-corrected chi connectivity index (χ0v) is 9.29. The second kappa shape index (κ2) is 3.25. The molecule has 0 saturated carbocycles. The van der Waals surface area contributed by atoms with Gasteiger partial charge in [-0.3, -0.25) is 0 Å². The van der Waals surface area contributed by atoms with Crippen LogP contribution in [0.1, 0.15) is 33.6 Å². The van der Waals surface area contributed by atoms with Gasteiger partial charge in [-0.15, -0.1) is 0 Å². The van der Waals surface area contributed by atoms with Crippen molar-refractivity contribution in [2.75, 3.05) is 26.3 Å². The Morgan fingerprint density at radius 1 is 1.23 bits per heavy atom. The highest BCUT2D eigenvalue weighted by Gasteiger charge is 2.43. The van der Waals surface area contributed by atoms with Crippen molar-refractivity contribution in [1.82, 2.24) is 4.90 Å². The van der Waals surface area contributed by atoms with E-state index in [0.717, 1.165) is 12.1 Å². The molecule has 2 heteroatoms. The minimum absolute atomic E-state index is 0.730. The minimum atomic E-state index is 0.730. The zero-order chi connectivity index (χ0) is 9.47.